The molecule has 3 aromatic heterocycles. The van der Waals surface area contributed by atoms with Crippen molar-refractivity contribution in [3.05, 3.63) is 64.4 Å². The standard InChI is InChI=1S/C35H38BrN7O4/c1-21(44)32-26-14-24(25-17-37-22(2)38-18-25)9-11-27(26)42(41-32)19-31(45)43-28-15-35(16-29(35)43)20-47-13-7-5-3-4-6-8-23-10-12-30(36)39-33(23)40-34(28)46/h9-12,14,17-18,28-29H,3-8,13,15-16,19-20H2,1-2H3,(H,39,40,46)/t28-,29+,35-/m0/s1. The molecule has 1 spiro atoms. The van der Waals surface area contributed by atoms with Gasteiger partial charge in [0.15, 0.2) is 5.78 Å². The Morgan fingerprint density at radius 3 is 2.64 bits per heavy atom. The Morgan fingerprint density at radius 2 is 1.83 bits per heavy atom. The van der Waals surface area contributed by atoms with Crippen molar-refractivity contribution in [2.45, 2.75) is 83.8 Å². The molecular formula is C35H38BrN7O4. The van der Waals surface area contributed by atoms with E-state index >= 15 is 0 Å². The van der Waals surface area contributed by atoms with Crippen LogP contribution in [0.25, 0.3) is 22.0 Å². The smallest absolute Gasteiger partial charge is 0.248 e. The summed E-state index contributed by atoms with van der Waals surface area (Å²) in [7, 11) is 0. The van der Waals surface area contributed by atoms with Gasteiger partial charge in [-0.3, -0.25) is 19.1 Å². The number of carbonyl (C=O) groups excluding carboxylic acids is 3. The SMILES string of the molecule is CC(=O)c1nn(CC(=O)N2[C@H]3C[C@@]4(COCCCCCCCc5ccc(Br)nc5NC3=O)C[C@@H]24)c2ccc(-c3cnc(C)nc3)cc12. The van der Waals surface area contributed by atoms with Crippen LogP contribution in [0.15, 0.2) is 47.3 Å². The second kappa shape index (κ2) is 12.9. The Labute approximate surface area is 281 Å². The number of hydrogen-bond acceptors (Lipinski definition) is 8. The van der Waals surface area contributed by atoms with E-state index in [2.05, 4.69) is 41.3 Å². The number of aromatic nitrogens is 5. The van der Waals surface area contributed by atoms with Gasteiger partial charge in [0.05, 0.1) is 12.1 Å². The predicted molar refractivity (Wildman–Crippen MR) is 180 cm³/mol. The first-order valence-electron chi connectivity index (χ1n) is 16.4. The molecule has 11 nitrogen and oxygen atoms in total. The summed E-state index contributed by atoms with van der Waals surface area (Å²) in [5, 5.41) is 8.34. The number of ketones is 1. The molecule has 2 amide bonds. The average Bonchev–Trinajstić information content (AvgIpc) is 3.46. The summed E-state index contributed by atoms with van der Waals surface area (Å²) in [4.78, 5) is 55.9. The number of rotatable bonds is 4. The number of nitrogens with zero attached hydrogens (tertiary/aromatic N) is 6. The van der Waals surface area contributed by atoms with Crippen molar-refractivity contribution >= 4 is 50.2 Å². The Balaban J connectivity index is 1.19. The largest absolute Gasteiger partial charge is 0.381 e. The van der Waals surface area contributed by atoms with Crippen LogP contribution in [0.4, 0.5) is 5.82 Å². The van der Waals surface area contributed by atoms with Gasteiger partial charge in [-0.2, -0.15) is 5.10 Å². The van der Waals surface area contributed by atoms with E-state index in [0.29, 0.717) is 46.8 Å². The van der Waals surface area contributed by atoms with Crippen molar-refractivity contribution < 1.29 is 19.1 Å². The number of amides is 2. The van der Waals surface area contributed by atoms with Crippen molar-refractivity contribution in [1.29, 1.82) is 0 Å². The molecule has 1 aliphatic carbocycles. The summed E-state index contributed by atoms with van der Waals surface area (Å²) in [6.45, 7) is 4.40. The third-order valence-electron chi connectivity index (χ3n) is 9.80. The molecule has 1 aromatic carbocycles. The Kier molecular flexibility index (Phi) is 8.65. The molecule has 244 valence electrons. The molecule has 3 aliphatic rings. The van der Waals surface area contributed by atoms with E-state index in [0.717, 1.165) is 61.6 Å². The maximum Gasteiger partial charge on any atom is 0.248 e. The number of carbonyl (C=O) groups is 3. The predicted octanol–water partition coefficient (Wildman–Crippen LogP) is 5.68. The van der Waals surface area contributed by atoms with Gasteiger partial charge in [-0.15, -0.1) is 0 Å². The molecule has 1 saturated heterocycles. The highest BCUT2D eigenvalue weighted by Crippen LogP contribution is 2.60. The van der Waals surface area contributed by atoms with Gasteiger partial charge in [0.2, 0.25) is 11.8 Å². The number of piperidine rings is 1. The summed E-state index contributed by atoms with van der Waals surface area (Å²) in [6, 6.07) is 8.81. The number of halogens is 1. The number of likely N-dealkylation sites (tertiary alicyclic amines) is 1. The van der Waals surface area contributed by atoms with Crippen LogP contribution in [0.1, 0.15) is 73.7 Å². The van der Waals surface area contributed by atoms with Gasteiger partial charge in [-0.25, -0.2) is 15.0 Å². The molecule has 3 atom stereocenters. The summed E-state index contributed by atoms with van der Waals surface area (Å²) in [5.41, 5.74) is 3.37. The van der Waals surface area contributed by atoms with E-state index in [1.54, 1.807) is 22.0 Å². The highest BCUT2D eigenvalue weighted by atomic mass is 79.9. The van der Waals surface area contributed by atoms with Gasteiger partial charge in [-0.1, -0.05) is 31.4 Å². The number of hydrogen-bond donors (Lipinski definition) is 1. The zero-order valence-electron chi connectivity index (χ0n) is 26.7. The van der Waals surface area contributed by atoms with Crippen LogP contribution < -0.4 is 5.32 Å². The molecule has 12 heteroatoms. The Hall–Kier alpha value is -4.03. The summed E-state index contributed by atoms with van der Waals surface area (Å²) in [6.07, 6.45) is 11.0. The fourth-order valence-corrected chi connectivity index (χ4v) is 7.52. The van der Waals surface area contributed by atoms with Gasteiger partial charge in [0, 0.05) is 48.3 Å². The van der Waals surface area contributed by atoms with Crippen LogP contribution >= 0.6 is 15.9 Å². The molecule has 2 aliphatic heterocycles. The van der Waals surface area contributed by atoms with E-state index in [1.807, 2.05) is 37.3 Å². The molecule has 7 rings (SSSR count). The first-order valence-corrected chi connectivity index (χ1v) is 17.2. The number of anilines is 1. The molecule has 0 radical (unpaired) electrons. The molecular weight excluding hydrogens is 662 g/mol. The van der Waals surface area contributed by atoms with Crippen molar-refractivity contribution in [2.24, 2.45) is 5.41 Å². The molecule has 2 bridgehead atoms. The number of benzene rings is 1. The third kappa shape index (κ3) is 6.32. The first kappa shape index (κ1) is 31.6. The maximum absolute atomic E-state index is 14.2. The fraction of sp³-hybridized carbons (Fsp3) is 0.457. The van der Waals surface area contributed by atoms with Gasteiger partial charge in [0.25, 0.3) is 0 Å². The van der Waals surface area contributed by atoms with Crippen molar-refractivity contribution in [3.63, 3.8) is 0 Å². The van der Waals surface area contributed by atoms with Crippen LogP contribution in [0.3, 0.4) is 0 Å². The maximum atomic E-state index is 14.2. The molecule has 4 aromatic rings. The minimum atomic E-state index is -0.673. The quantitative estimate of drug-likeness (QED) is 0.213. The number of Topliss-reactive ketones (excluding diaryl/α,β-unsaturated/α-hetero) is 1. The number of aryl methyl sites for hydroxylation is 2. The van der Waals surface area contributed by atoms with Gasteiger partial charge >= 0.3 is 0 Å². The fourth-order valence-electron chi connectivity index (χ4n) is 7.21. The summed E-state index contributed by atoms with van der Waals surface area (Å²) < 4.78 is 8.38. The van der Waals surface area contributed by atoms with E-state index < -0.39 is 6.04 Å². The second-order valence-electron chi connectivity index (χ2n) is 13.1. The Bertz CT molecular complexity index is 1860. The van der Waals surface area contributed by atoms with E-state index in [1.165, 1.54) is 6.92 Å². The van der Waals surface area contributed by atoms with Crippen molar-refractivity contribution in [3.8, 4) is 11.1 Å². The molecule has 47 heavy (non-hydrogen) atoms. The summed E-state index contributed by atoms with van der Waals surface area (Å²) in [5.74, 6) is 0.544. The lowest BCUT2D eigenvalue weighted by Crippen LogP contribution is -2.47. The molecule has 0 unspecified atom stereocenters. The van der Waals surface area contributed by atoms with E-state index in [9.17, 15) is 14.4 Å². The molecule has 2 fully saturated rings. The second-order valence-corrected chi connectivity index (χ2v) is 13.9. The number of pyridine rings is 1. The monoisotopic (exact) mass is 699 g/mol. The van der Waals surface area contributed by atoms with Crippen molar-refractivity contribution in [2.75, 3.05) is 18.5 Å². The summed E-state index contributed by atoms with van der Waals surface area (Å²) >= 11 is 3.46. The number of nitrogens with one attached hydrogen (secondary N) is 1. The minimum absolute atomic E-state index is 0.0985. The highest BCUT2D eigenvalue weighted by Gasteiger charge is 2.67. The molecule has 5 heterocycles. The zero-order valence-corrected chi connectivity index (χ0v) is 28.3. The number of ether oxygens (including phenoxy) is 1. The minimum Gasteiger partial charge on any atom is -0.381 e. The van der Waals surface area contributed by atoms with Gasteiger partial charge in [0.1, 0.15) is 34.5 Å². The van der Waals surface area contributed by atoms with Crippen LogP contribution in [0.2, 0.25) is 0 Å². The lowest BCUT2D eigenvalue weighted by Gasteiger charge is -2.27. The molecule has 1 saturated carbocycles. The third-order valence-corrected chi connectivity index (χ3v) is 10.2. The van der Waals surface area contributed by atoms with E-state index in [4.69, 9.17) is 4.74 Å². The van der Waals surface area contributed by atoms with Crippen molar-refractivity contribution in [1.82, 2.24) is 29.6 Å². The zero-order chi connectivity index (χ0) is 32.7. The van der Waals surface area contributed by atoms with Crippen LogP contribution in [0.5, 0.6) is 0 Å². The highest BCUT2D eigenvalue weighted by molar-refractivity contribution is 9.10. The Morgan fingerprint density at radius 1 is 1.04 bits per heavy atom. The van der Waals surface area contributed by atoms with Crippen LogP contribution in [-0.2, 0) is 27.3 Å². The topological polar surface area (TPSA) is 132 Å². The van der Waals surface area contributed by atoms with Crippen LogP contribution in [0, 0.1) is 12.3 Å². The van der Waals surface area contributed by atoms with Gasteiger partial charge in [-0.05, 0) is 84.3 Å². The first-order chi connectivity index (χ1) is 22.7. The molecule has 1 N–H and O–H groups in total. The lowest BCUT2D eigenvalue weighted by molar-refractivity contribution is -0.138. The number of fused-ring (bicyclic) bond motifs is 3. The van der Waals surface area contributed by atoms with Crippen LogP contribution in [-0.4, -0.2) is 72.5 Å². The van der Waals surface area contributed by atoms with Gasteiger partial charge < -0.3 is 15.0 Å². The normalized spacial score (nSPS) is 23.2. The lowest BCUT2D eigenvalue weighted by atomic mass is 9.99. The van der Waals surface area contributed by atoms with E-state index in [-0.39, 0.29) is 41.3 Å². The average molecular weight is 701 g/mol.